The number of carbonyl (C=O) groups excluding carboxylic acids is 1. The van der Waals surface area contributed by atoms with Gasteiger partial charge in [-0.2, -0.15) is 0 Å². The Morgan fingerprint density at radius 2 is 2.50 bits per heavy atom. The number of rotatable bonds is 4. The Morgan fingerprint density at radius 3 is 3.00 bits per heavy atom. The van der Waals surface area contributed by atoms with E-state index in [2.05, 4.69) is 9.97 Å². The van der Waals surface area contributed by atoms with Gasteiger partial charge in [-0.3, -0.25) is 4.79 Å². The third-order valence-corrected chi connectivity index (χ3v) is 2.08. The molecule has 1 N–H and O–H groups in total. The lowest BCUT2D eigenvalue weighted by Gasteiger charge is -2.04. The number of nitrogens with one attached hydrogen (secondary N) is 1. The smallest absolute Gasteiger partial charge is 0.141 e. The molecule has 66 valence electrons. The number of aromatic nitrogens is 2. The highest BCUT2D eigenvalue weighted by Crippen LogP contribution is 2.06. The first kappa shape index (κ1) is 8.97. The number of imidazole rings is 1. The van der Waals surface area contributed by atoms with E-state index in [9.17, 15) is 4.79 Å². The maximum Gasteiger partial charge on any atom is 0.141 e. The summed E-state index contributed by atoms with van der Waals surface area (Å²) in [5, 5.41) is 0. The van der Waals surface area contributed by atoms with Crippen LogP contribution in [0.4, 0.5) is 0 Å². The molecule has 0 aliphatic carbocycles. The maximum atomic E-state index is 11.4. The molecule has 0 bridgehead atoms. The van der Waals surface area contributed by atoms with Gasteiger partial charge in [0.15, 0.2) is 0 Å². The van der Waals surface area contributed by atoms with Crippen LogP contribution in [0.25, 0.3) is 0 Å². The van der Waals surface area contributed by atoms with Gasteiger partial charge in [-0.05, 0) is 6.42 Å². The second kappa shape index (κ2) is 4.04. The molecule has 0 aliphatic heterocycles. The molecule has 0 spiro atoms. The van der Waals surface area contributed by atoms with Gasteiger partial charge in [-0.15, -0.1) is 0 Å². The van der Waals surface area contributed by atoms with E-state index in [1.807, 2.05) is 13.8 Å². The van der Waals surface area contributed by atoms with E-state index in [0.29, 0.717) is 6.42 Å². The van der Waals surface area contributed by atoms with E-state index in [1.165, 1.54) is 0 Å². The van der Waals surface area contributed by atoms with Crippen molar-refractivity contribution in [2.45, 2.75) is 26.7 Å². The number of hydrogen-bond donors (Lipinski definition) is 1. The van der Waals surface area contributed by atoms with Crippen LogP contribution in [0.1, 0.15) is 26.0 Å². The molecule has 1 aromatic rings. The van der Waals surface area contributed by atoms with Crippen molar-refractivity contribution in [3.8, 4) is 0 Å². The molecule has 12 heavy (non-hydrogen) atoms. The standard InChI is InChI=1S/C9H14N2O/c1-3-7(2)9(12)4-8-5-10-6-11-8/h5-7H,3-4H2,1-2H3,(H,10,11). The van der Waals surface area contributed by atoms with E-state index < -0.39 is 0 Å². The van der Waals surface area contributed by atoms with Crippen molar-refractivity contribution < 1.29 is 4.79 Å². The lowest BCUT2D eigenvalue weighted by atomic mass is 10.0. The Bertz CT molecular complexity index is 241. The van der Waals surface area contributed by atoms with Gasteiger partial charge in [0.05, 0.1) is 6.33 Å². The predicted molar refractivity (Wildman–Crippen MR) is 46.8 cm³/mol. The van der Waals surface area contributed by atoms with Crippen molar-refractivity contribution in [1.29, 1.82) is 0 Å². The fourth-order valence-electron chi connectivity index (χ4n) is 0.971. The largest absolute Gasteiger partial charge is 0.348 e. The fraction of sp³-hybridized carbons (Fsp3) is 0.556. The van der Waals surface area contributed by atoms with Gasteiger partial charge < -0.3 is 4.98 Å². The zero-order valence-corrected chi connectivity index (χ0v) is 7.50. The van der Waals surface area contributed by atoms with Gasteiger partial charge in [-0.25, -0.2) is 4.98 Å². The highest BCUT2D eigenvalue weighted by molar-refractivity contribution is 5.82. The van der Waals surface area contributed by atoms with E-state index in [-0.39, 0.29) is 11.7 Å². The van der Waals surface area contributed by atoms with Crippen LogP contribution >= 0.6 is 0 Å². The Kier molecular flexibility index (Phi) is 3.02. The minimum absolute atomic E-state index is 0.160. The van der Waals surface area contributed by atoms with E-state index in [4.69, 9.17) is 0 Å². The zero-order valence-electron chi connectivity index (χ0n) is 7.50. The third-order valence-electron chi connectivity index (χ3n) is 2.08. The van der Waals surface area contributed by atoms with Crippen molar-refractivity contribution in [2.75, 3.05) is 0 Å². The fourth-order valence-corrected chi connectivity index (χ4v) is 0.971. The van der Waals surface area contributed by atoms with Crippen molar-refractivity contribution in [3.63, 3.8) is 0 Å². The molecule has 0 amide bonds. The molecule has 1 rings (SSSR count). The first-order chi connectivity index (χ1) is 5.74. The highest BCUT2D eigenvalue weighted by Gasteiger charge is 2.11. The first-order valence-electron chi connectivity index (χ1n) is 4.24. The van der Waals surface area contributed by atoms with Crippen molar-refractivity contribution >= 4 is 5.78 Å². The topological polar surface area (TPSA) is 45.8 Å². The van der Waals surface area contributed by atoms with Crippen LogP contribution in [0.3, 0.4) is 0 Å². The Morgan fingerprint density at radius 1 is 1.75 bits per heavy atom. The van der Waals surface area contributed by atoms with E-state index in [0.717, 1.165) is 12.1 Å². The molecule has 0 fully saturated rings. The summed E-state index contributed by atoms with van der Waals surface area (Å²) in [6, 6.07) is 0. The molecule has 0 saturated heterocycles. The van der Waals surface area contributed by atoms with Crippen LogP contribution in [-0.4, -0.2) is 15.8 Å². The van der Waals surface area contributed by atoms with Gasteiger partial charge in [0.25, 0.3) is 0 Å². The van der Waals surface area contributed by atoms with Gasteiger partial charge in [0.1, 0.15) is 5.78 Å². The molecule has 3 nitrogen and oxygen atoms in total. The number of carbonyl (C=O) groups is 1. The lowest BCUT2D eigenvalue weighted by molar-refractivity contribution is -0.121. The van der Waals surface area contributed by atoms with Crippen molar-refractivity contribution in [1.82, 2.24) is 9.97 Å². The van der Waals surface area contributed by atoms with Crippen LogP contribution in [0, 0.1) is 5.92 Å². The van der Waals surface area contributed by atoms with Crippen LogP contribution < -0.4 is 0 Å². The third kappa shape index (κ3) is 2.19. The summed E-state index contributed by atoms with van der Waals surface area (Å²) in [5.74, 6) is 0.440. The molecule has 0 aromatic carbocycles. The molecule has 0 aliphatic rings. The van der Waals surface area contributed by atoms with Gasteiger partial charge in [0, 0.05) is 24.2 Å². The number of H-pyrrole nitrogens is 1. The van der Waals surface area contributed by atoms with Crippen molar-refractivity contribution in [2.24, 2.45) is 5.92 Å². The van der Waals surface area contributed by atoms with E-state index in [1.54, 1.807) is 12.5 Å². The summed E-state index contributed by atoms with van der Waals surface area (Å²) >= 11 is 0. The summed E-state index contributed by atoms with van der Waals surface area (Å²) < 4.78 is 0. The summed E-state index contributed by atoms with van der Waals surface area (Å²) in [7, 11) is 0. The number of Topliss-reactive ketones (excluding diaryl/α,β-unsaturated/α-hetero) is 1. The molecule has 1 unspecified atom stereocenters. The summed E-state index contributed by atoms with van der Waals surface area (Å²) in [6.07, 6.45) is 4.68. The summed E-state index contributed by atoms with van der Waals surface area (Å²) in [6.45, 7) is 3.98. The van der Waals surface area contributed by atoms with Gasteiger partial charge in [-0.1, -0.05) is 13.8 Å². The number of nitrogens with zero attached hydrogens (tertiary/aromatic N) is 1. The monoisotopic (exact) mass is 166 g/mol. The molecule has 1 aromatic heterocycles. The van der Waals surface area contributed by atoms with Gasteiger partial charge in [0.2, 0.25) is 0 Å². The highest BCUT2D eigenvalue weighted by atomic mass is 16.1. The first-order valence-corrected chi connectivity index (χ1v) is 4.24. The summed E-state index contributed by atoms with van der Waals surface area (Å²) in [5.41, 5.74) is 0.903. The SMILES string of the molecule is CCC(C)C(=O)Cc1cnc[nH]1. The lowest BCUT2D eigenvalue weighted by Crippen LogP contribution is -2.12. The molecular formula is C9H14N2O. The normalized spacial score (nSPS) is 12.8. The Balaban J connectivity index is 2.47. The predicted octanol–water partition coefficient (Wildman–Crippen LogP) is 1.57. The van der Waals surface area contributed by atoms with Crippen LogP contribution in [0.5, 0.6) is 0 Å². The van der Waals surface area contributed by atoms with Crippen LogP contribution in [-0.2, 0) is 11.2 Å². The van der Waals surface area contributed by atoms with E-state index >= 15 is 0 Å². The Labute approximate surface area is 72.2 Å². The minimum Gasteiger partial charge on any atom is -0.348 e. The molecule has 3 heteroatoms. The minimum atomic E-state index is 0.160. The number of hydrogen-bond acceptors (Lipinski definition) is 2. The maximum absolute atomic E-state index is 11.4. The second-order valence-electron chi connectivity index (χ2n) is 3.03. The van der Waals surface area contributed by atoms with Gasteiger partial charge >= 0.3 is 0 Å². The average molecular weight is 166 g/mol. The molecule has 1 heterocycles. The summed E-state index contributed by atoms with van der Waals surface area (Å²) in [4.78, 5) is 18.2. The number of ketones is 1. The van der Waals surface area contributed by atoms with Crippen LogP contribution in [0.2, 0.25) is 0 Å². The molecule has 0 saturated carbocycles. The quantitative estimate of drug-likeness (QED) is 0.737. The zero-order chi connectivity index (χ0) is 8.97. The second-order valence-corrected chi connectivity index (χ2v) is 3.03. The van der Waals surface area contributed by atoms with Crippen molar-refractivity contribution in [3.05, 3.63) is 18.2 Å². The number of aromatic amines is 1. The Hall–Kier alpha value is -1.12. The van der Waals surface area contributed by atoms with Crippen LogP contribution in [0.15, 0.2) is 12.5 Å². The molecular weight excluding hydrogens is 152 g/mol. The average Bonchev–Trinajstić information content (AvgIpc) is 2.55. The molecule has 0 radical (unpaired) electrons. The molecule has 1 atom stereocenters.